The minimum Gasteiger partial charge on any atom is -0.377 e. The lowest BCUT2D eigenvalue weighted by atomic mass is 9.32. The zero-order valence-corrected chi connectivity index (χ0v) is 22.5. The fraction of sp³-hybridized carbons (Fsp3) is 0.966. The van der Waals surface area contributed by atoms with E-state index in [0.717, 1.165) is 25.4 Å². The highest BCUT2D eigenvalue weighted by molar-refractivity contribution is 5.90. The summed E-state index contributed by atoms with van der Waals surface area (Å²) < 4.78 is 6.57. The maximum Gasteiger partial charge on any atom is 0.147 e. The molecule has 1 aliphatic heterocycles. The number of hydrogen-bond acceptors (Lipinski definition) is 3. The van der Waals surface area contributed by atoms with E-state index < -0.39 is 11.5 Å². The summed E-state index contributed by atoms with van der Waals surface area (Å²) in [4.78, 5) is 16.5. The molecule has 0 radical (unpaired) electrons. The van der Waals surface area contributed by atoms with Crippen molar-refractivity contribution < 1.29 is 9.53 Å². The van der Waals surface area contributed by atoms with Gasteiger partial charge in [0, 0.05) is 10.3 Å². The fourth-order valence-corrected chi connectivity index (χ4v) is 12.3. The van der Waals surface area contributed by atoms with Gasteiger partial charge in [0.15, 0.2) is 0 Å². The van der Waals surface area contributed by atoms with Crippen molar-refractivity contribution in [2.75, 3.05) is 6.61 Å². The van der Waals surface area contributed by atoms with E-state index in [4.69, 9.17) is 4.74 Å². The lowest BCUT2D eigenvalue weighted by molar-refractivity contribution is -0.230. The number of nitrogens with zero attached hydrogens (tertiary/aromatic N) is 3. The average Bonchev–Trinajstić information content (AvgIpc) is 3.22. The first-order valence-electron chi connectivity index (χ1n) is 14.0. The number of azide groups is 1. The molecule has 1 saturated heterocycles. The summed E-state index contributed by atoms with van der Waals surface area (Å²) >= 11 is 0. The zero-order chi connectivity index (χ0) is 24.5. The Kier molecular flexibility index (Phi) is 4.55. The second-order valence-electron chi connectivity index (χ2n) is 15.5. The summed E-state index contributed by atoms with van der Waals surface area (Å²) in [6, 6.07) is -0.511. The molecule has 6 aliphatic rings. The SMILES string of the molecule is CC1(C)C[C@@]23CC[C@]4(C)[C@H](CC[C@@H]5[C@@]6(C)CC(N=[N+]=[N-])C(=O)C(C)(C)[C@@H]6CC[C@]54C)[C@H]2C1OC3. The summed E-state index contributed by atoms with van der Waals surface area (Å²) in [7, 11) is 0. The van der Waals surface area contributed by atoms with Crippen LogP contribution in [-0.4, -0.2) is 24.5 Å². The fourth-order valence-electron chi connectivity index (χ4n) is 12.3. The third-order valence-electron chi connectivity index (χ3n) is 13.6. The van der Waals surface area contributed by atoms with Crippen molar-refractivity contribution in [1.29, 1.82) is 0 Å². The predicted molar refractivity (Wildman–Crippen MR) is 133 cm³/mol. The lowest BCUT2D eigenvalue weighted by Gasteiger charge is -2.72. The van der Waals surface area contributed by atoms with Crippen LogP contribution < -0.4 is 0 Å². The van der Waals surface area contributed by atoms with Gasteiger partial charge in [0.05, 0.1) is 18.8 Å². The number of ether oxygens (including phenoxy) is 1. The molecule has 2 unspecified atom stereocenters. The van der Waals surface area contributed by atoms with Gasteiger partial charge in [-0.15, -0.1) is 0 Å². The molecular weight excluding hydrogens is 422 g/mol. The van der Waals surface area contributed by atoms with Crippen molar-refractivity contribution in [3.63, 3.8) is 0 Å². The third-order valence-corrected chi connectivity index (χ3v) is 13.6. The summed E-state index contributed by atoms with van der Waals surface area (Å²) in [5.74, 6) is 2.56. The number of ketones is 1. The van der Waals surface area contributed by atoms with Gasteiger partial charge in [-0.05, 0) is 108 Å². The highest BCUT2D eigenvalue weighted by Crippen LogP contribution is 2.78. The average molecular weight is 468 g/mol. The summed E-state index contributed by atoms with van der Waals surface area (Å²) in [5.41, 5.74) is 10.1. The Labute approximate surface area is 205 Å². The standard InChI is InChI=1S/C29H45N3O2/c1-24(2)15-29-13-12-27(6)17(21(29)23(24)34-16-29)8-9-20-26(5)14-18(31-32-30)22(33)25(3,4)19(26)10-11-28(20,27)7/h17-21,23H,8-16H2,1-7H3/t17-,18?,19+,20-,21+,23?,26+,27-,28-,29-/m1/s1. The molecule has 0 N–H and O–H groups in total. The van der Waals surface area contributed by atoms with Crippen molar-refractivity contribution in [1.82, 2.24) is 0 Å². The van der Waals surface area contributed by atoms with E-state index in [1.165, 1.54) is 38.5 Å². The quantitative estimate of drug-likeness (QED) is 0.230. The Bertz CT molecular complexity index is 984. The first-order chi connectivity index (χ1) is 15.8. The number of carbonyl (C=O) groups is 1. The van der Waals surface area contributed by atoms with Crippen LogP contribution in [0.15, 0.2) is 5.11 Å². The lowest BCUT2D eigenvalue weighted by Crippen LogP contribution is -2.67. The van der Waals surface area contributed by atoms with E-state index >= 15 is 0 Å². The first kappa shape index (κ1) is 23.3. The van der Waals surface area contributed by atoms with E-state index in [0.29, 0.717) is 40.1 Å². The predicted octanol–water partition coefficient (Wildman–Crippen LogP) is 7.34. The minimum atomic E-state index is -0.511. The molecule has 0 amide bonds. The molecule has 6 fully saturated rings. The number of hydrogen-bond donors (Lipinski definition) is 0. The molecule has 0 aromatic heterocycles. The van der Waals surface area contributed by atoms with E-state index in [9.17, 15) is 10.3 Å². The molecule has 0 aromatic carbocycles. The third kappa shape index (κ3) is 2.47. The largest absolute Gasteiger partial charge is 0.377 e. The molecule has 6 rings (SSSR count). The number of fused-ring (bicyclic) bond motifs is 5. The highest BCUT2D eigenvalue weighted by atomic mass is 16.5. The normalized spacial score (nSPS) is 56.5. The number of carbonyl (C=O) groups excluding carboxylic acids is 1. The van der Waals surface area contributed by atoms with E-state index in [1.54, 1.807) is 0 Å². The van der Waals surface area contributed by atoms with Gasteiger partial charge in [-0.3, -0.25) is 4.79 Å². The summed E-state index contributed by atoms with van der Waals surface area (Å²) in [6.07, 6.45) is 10.0. The van der Waals surface area contributed by atoms with Gasteiger partial charge >= 0.3 is 0 Å². The second kappa shape index (κ2) is 6.62. The molecule has 0 aromatic rings. The monoisotopic (exact) mass is 467 g/mol. The van der Waals surface area contributed by atoms with Gasteiger partial charge in [-0.25, -0.2) is 0 Å². The van der Waals surface area contributed by atoms with Crippen molar-refractivity contribution in [3.8, 4) is 0 Å². The molecule has 34 heavy (non-hydrogen) atoms. The molecule has 5 saturated carbocycles. The van der Waals surface area contributed by atoms with Crippen molar-refractivity contribution in [2.24, 2.45) is 61.3 Å². The number of rotatable bonds is 1. The summed E-state index contributed by atoms with van der Waals surface area (Å²) in [6.45, 7) is 17.9. The number of Topliss-reactive ketones (excluding diaryl/α,β-unsaturated/α-hetero) is 1. The molecule has 2 bridgehead atoms. The Balaban J connectivity index is 1.41. The Morgan fingerprint density at radius 3 is 2.35 bits per heavy atom. The van der Waals surface area contributed by atoms with Gasteiger partial charge in [-0.1, -0.05) is 53.6 Å². The van der Waals surface area contributed by atoms with Crippen molar-refractivity contribution in [2.45, 2.75) is 112 Å². The molecule has 5 nitrogen and oxygen atoms in total. The van der Waals surface area contributed by atoms with E-state index in [-0.39, 0.29) is 16.6 Å². The van der Waals surface area contributed by atoms with Gasteiger partial charge in [-0.2, -0.15) is 0 Å². The van der Waals surface area contributed by atoms with E-state index in [1.807, 2.05) is 0 Å². The van der Waals surface area contributed by atoms with Crippen LogP contribution >= 0.6 is 0 Å². The zero-order valence-electron chi connectivity index (χ0n) is 22.5. The van der Waals surface area contributed by atoms with Gasteiger partial charge in [0.2, 0.25) is 0 Å². The van der Waals surface area contributed by atoms with Crippen LogP contribution in [0.4, 0.5) is 0 Å². The maximum atomic E-state index is 13.4. The van der Waals surface area contributed by atoms with Crippen molar-refractivity contribution in [3.05, 3.63) is 10.4 Å². The maximum absolute atomic E-state index is 13.4. The minimum absolute atomic E-state index is 0.0385. The van der Waals surface area contributed by atoms with Crippen LogP contribution in [0.2, 0.25) is 0 Å². The van der Waals surface area contributed by atoms with Crippen LogP contribution in [0.5, 0.6) is 0 Å². The molecule has 5 aliphatic carbocycles. The van der Waals surface area contributed by atoms with Crippen LogP contribution in [0.25, 0.3) is 10.4 Å². The Morgan fingerprint density at radius 1 is 0.941 bits per heavy atom. The van der Waals surface area contributed by atoms with Gasteiger partial charge in [0.25, 0.3) is 0 Å². The molecule has 188 valence electrons. The molecule has 1 heterocycles. The van der Waals surface area contributed by atoms with E-state index in [2.05, 4.69) is 58.5 Å². The van der Waals surface area contributed by atoms with Gasteiger partial charge in [0.1, 0.15) is 5.78 Å². The molecular formula is C29H45N3O2. The van der Waals surface area contributed by atoms with Gasteiger partial charge < -0.3 is 4.74 Å². The van der Waals surface area contributed by atoms with Crippen LogP contribution in [-0.2, 0) is 9.53 Å². The van der Waals surface area contributed by atoms with Crippen LogP contribution in [0.3, 0.4) is 0 Å². The van der Waals surface area contributed by atoms with Crippen molar-refractivity contribution >= 4 is 5.78 Å². The summed E-state index contributed by atoms with van der Waals surface area (Å²) in [5, 5.41) is 4.06. The smallest absolute Gasteiger partial charge is 0.147 e. The van der Waals surface area contributed by atoms with Crippen LogP contribution in [0.1, 0.15) is 99.8 Å². The highest BCUT2D eigenvalue weighted by Gasteiger charge is 2.74. The Hall–Kier alpha value is -1.06. The molecule has 0 spiro atoms. The Morgan fingerprint density at radius 2 is 1.68 bits per heavy atom. The topological polar surface area (TPSA) is 75.1 Å². The molecule has 10 atom stereocenters. The molecule has 5 heteroatoms. The first-order valence-corrected chi connectivity index (χ1v) is 14.0. The second-order valence-corrected chi connectivity index (χ2v) is 15.5. The van der Waals surface area contributed by atoms with Crippen LogP contribution in [0, 0.1) is 56.2 Å².